The molecule has 1 atom stereocenters. The third kappa shape index (κ3) is 5.11. The van der Waals surface area contributed by atoms with Crippen LogP contribution in [0, 0.1) is 0 Å². The van der Waals surface area contributed by atoms with Gasteiger partial charge in [-0.25, -0.2) is 4.98 Å². The molecule has 6 nitrogen and oxygen atoms in total. The van der Waals surface area contributed by atoms with Gasteiger partial charge in [0.15, 0.2) is 12.4 Å². The number of halogens is 3. The van der Waals surface area contributed by atoms with Crippen LogP contribution < -0.4 is 14.8 Å². The average molecular weight is 341 g/mol. The number of alkyl halides is 3. The summed E-state index contributed by atoms with van der Waals surface area (Å²) in [5, 5.41) is 2.50. The minimum absolute atomic E-state index is 0.111. The molecule has 2 rings (SSSR count). The van der Waals surface area contributed by atoms with Crippen molar-refractivity contribution in [2.75, 3.05) is 6.61 Å². The predicted octanol–water partition coefficient (Wildman–Crippen LogP) is 3.02. The second kappa shape index (κ2) is 7.62. The lowest BCUT2D eigenvalue weighted by atomic mass is 10.2. The molecular weight excluding hydrogens is 327 g/mol. The van der Waals surface area contributed by atoms with Crippen LogP contribution in [-0.2, 0) is 4.79 Å². The Kier molecular flexibility index (Phi) is 5.56. The molecule has 9 heteroatoms. The van der Waals surface area contributed by atoms with Crippen molar-refractivity contribution >= 4 is 6.41 Å². The Morgan fingerprint density at radius 3 is 2.75 bits per heavy atom. The predicted molar refractivity (Wildman–Crippen MR) is 77.7 cm³/mol. The van der Waals surface area contributed by atoms with Crippen molar-refractivity contribution in [3.8, 4) is 17.4 Å². The quantitative estimate of drug-likeness (QED) is 0.784. The molecule has 2 aromatic heterocycles. The summed E-state index contributed by atoms with van der Waals surface area (Å²) in [6, 6.07) is 5.70. The molecule has 0 bridgehead atoms. The Hall–Kier alpha value is -2.84. The molecule has 0 aliphatic heterocycles. The number of hydrogen-bond acceptors (Lipinski definition) is 5. The van der Waals surface area contributed by atoms with Crippen molar-refractivity contribution in [1.82, 2.24) is 15.3 Å². The largest absolute Gasteiger partial charge is 0.482 e. The highest BCUT2D eigenvalue weighted by molar-refractivity contribution is 5.49. The monoisotopic (exact) mass is 341 g/mol. The van der Waals surface area contributed by atoms with Gasteiger partial charge >= 0.3 is 6.18 Å². The summed E-state index contributed by atoms with van der Waals surface area (Å²) >= 11 is 0. The number of hydrogen-bond donors (Lipinski definition) is 1. The lowest BCUT2D eigenvalue weighted by Gasteiger charge is -2.16. The smallest absolute Gasteiger partial charge is 0.422 e. The van der Waals surface area contributed by atoms with Crippen molar-refractivity contribution in [3.63, 3.8) is 0 Å². The number of nitrogens with one attached hydrogen (secondary N) is 1. The first-order chi connectivity index (χ1) is 11.4. The zero-order valence-electron chi connectivity index (χ0n) is 12.6. The number of carbonyl (C=O) groups excluding carboxylic acids is 1. The zero-order chi connectivity index (χ0) is 17.6. The summed E-state index contributed by atoms with van der Waals surface area (Å²) in [5.41, 5.74) is 0.326. The third-order valence-electron chi connectivity index (χ3n) is 2.84. The Bertz CT molecular complexity index is 681. The fourth-order valence-electron chi connectivity index (χ4n) is 1.79. The van der Waals surface area contributed by atoms with E-state index in [0.717, 1.165) is 6.20 Å². The highest BCUT2D eigenvalue weighted by Crippen LogP contribution is 2.31. The number of rotatable bonds is 7. The maximum absolute atomic E-state index is 12.3. The van der Waals surface area contributed by atoms with Crippen molar-refractivity contribution in [2.45, 2.75) is 19.1 Å². The molecule has 1 amide bonds. The van der Waals surface area contributed by atoms with Crippen LogP contribution in [0.2, 0.25) is 0 Å². The first kappa shape index (κ1) is 17.5. The van der Waals surface area contributed by atoms with E-state index in [0.29, 0.717) is 12.1 Å². The van der Waals surface area contributed by atoms with Crippen molar-refractivity contribution in [1.29, 1.82) is 0 Å². The van der Waals surface area contributed by atoms with E-state index in [9.17, 15) is 18.0 Å². The SMILES string of the molecule is C[C@@H](NC=O)c1ncc(OCC(F)(F)F)cc1Oc1ccccn1. The summed E-state index contributed by atoms with van der Waals surface area (Å²) in [6.07, 6.45) is -1.34. The lowest BCUT2D eigenvalue weighted by molar-refractivity contribution is -0.153. The summed E-state index contributed by atoms with van der Waals surface area (Å²) in [7, 11) is 0. The summed E-state index contributed by atoms with van der Waals surface area (Å²) in [5.74, 6) is 0.252. The summed E-state index contributed by atoms with van der Waals surface area (Å²) in [6.45, 7) is 0.206. The van der Waals surface area contributed by atoms with Gasteiger partial charge in [0.05, 0.1) is 12.2 Å². The number of carbonyl (C=O) groups is 1. The summed E-state index contributed by atoms with van der Waals surface area (Å²) < 4.78 is 47.0. The van der Waals surface area contributed by atoms with Gasteiger partial charge in [0, 0.05) is 18.3 Å². The van der Waals surface area contributed by atoms with Crippen molar-refractivity contribution < 1.29 is 27.4 Å². The average Bonchev–Trinajstić information content (AvgIpc) is 2.53. The van der Waals surface area contributed by atoms with Crippen LogP contribution in [0.15, 0.2) is 36.7 Å². The van der Waals surface area contributed by atoms with E-state index in [1.54, 1.807) is 25.1 Å². The maximum Gasteiger partial charge on any atom is 0.422 e. The minimum Gasteiger partial charge on any atom is -0.482 e. The molecule has 2 heterocycles. The van der Waals surface area contributed by atoms with Gasteiger partial charge in [-0.3, -0.25) is 9.78 Å². The Balaban J connectivity index is 2.28. The molecule has 0 saturated carbocycles. The number of amides is 1. The molecule has 0 radical (unpaired) electrons. The highest BCUT2D eigenvalue weighted by atomic mass is 19.4. The van der Waals surface area contributed by atoms with Gasteiger partial charge in [-0.1, -0.05) is 6.07 Å². The van der Waals surface area contributed by atoms with Gasteiger partial charge in [-0.05, 0) is 13.0 Å². The van der Waals surface area contributed by atoms with E-state index in [2.05, 4.69) is 20.0 Å². The van der Waals surface area contributed by atoms with E-state index in [1.807, 2.05) is 0 Å². The molecule has 2 aromatic rings. The van der Waals surface area contributed by atoms with Crippen LogP contribution >= 0.6 is 0 Å². The Labute approximate surface area is 135 Å². The topological polar surface area (TPSA) is 73.3 Å². The highest BCUT2D eigenvalue weighted by Gasteiger charge is 2.28. The molecule has 128 valence electrons. The van der Waals surface area contributed by atoms with Crippen LogP contribution in [-0.4, -0.2) is 29.2 Å². The first-order valence-corrected chi connectivity index (χ1v) is 6.87. The third-order valence-corrected chi connectivity index (χ3v) is 2.84. The summed E-state index contributed by atoms with van der Waals surface area (Å²) in [4.78, 5) is 18.6. The van der Waals surface area contributed by atoms with Gasteiger partial charge in [0.25, 0.3) is 0 Å². The fraction of sp³-hybridized carbons (Fsp3) is 0.267. The van der Waals surface area contributed by atoms with E-state index in [1.165, 1.54) is 12.3 Å². The van der Waals surface area contributed by atoms with E-state index < -0.39 is 18.8 Å². The molecule has 0 saturated heterocycles. The first-order valence-electron chi connectivity index (χ1n) is 6.87. The molecule has 24 heavy (non-hydrogen) atoms. The lowest BCUT2D eigenvalue weighted by Crippen LogP contribution is -2.20. The van der Waals surface area contributed by atoms with Gasteiger partial charge in [0.1, 0.15) is 11.4 Å². The number of nitrogens with zero attached hydrogens (tertiary/aromatic N) is 2. The molecule has 1 N–H and O–H groups in total. The van der Waals surface area contributed by atoms with Crippen LogP contribution in [0.3, 0.4) is 0 Å². The second-order valence-electron chi connectivity index (χ2n) is 4.73. The fourth-order valence-corrected chi connectivity index (χ4v) is 1.79. The number of pyridine rings is 2. The van der Waals surface area contributed by atoms with Gasteiger partial charge < -0.3 is 14.8 Å². The normalized spacial score (nSPS) is 12.3. The van der Waals surface area contributed by atoms with E-state index >= 15 is 0 Å². The number of ether oxygens (including phenoxy) is 2. The van der Waals surface area contributed by atoms with Crippen molar-refractivity contribution in [3.05, 3.63) is 42.4 Å². The van der Waals surface area contributed by atoms with E-state index in [4.69, 9.17) is 4.74 Å². The standard InChI is InChI=1S/C15H14F3N3O3/c1-10(21-9-22)14-12(24-13-4-2-3-5-19-13)6-11(7-20-14)23-8-15(16,17)18/h2-7,9-10H,8H2,1H3,(H,21,22)/t10-/m1/s1. The minimum atomic E-state index is -4.47. The molecule has 0 aliphatic rings. The van der Waals surface area contributed by atoms with Gasteiger partial charge in [-0.2, -0.15) is 13.2 Å². The van der Waals surface area contributed by atoms with Gasteiger partial charge in [-0.15, -0.1) is 0 Å². The Morgan fingerprint density at radius 1 is 1.33 bits per heavy atom. The molecular formula is C15H14F3N3O3. The van der Waals surface area contributed by atoms with Crippen LogP contribution in [0.4, 0.5) is 13.2 Å². The molecule has 0 fully saturated rings. The van der Waals surface area contributed by atoms with E-state index in [-0.39, 0.29) is 17.4 Å². The Morgan fingerprint density at radius 2 is 2.12 bits per heavy atom. The van der Waals surface area contributed by atoms with Gasteiger partial charge in [0.2, 0.25) is 12.3 Å². The van der Waals surface area contributed by atoms with Crippen LogP contribution in [0.25, 0.3) is 0 Å². The molecule has 0 spiro atoms. The van der Waals surface area contributed by atoms with Crippen LogP contribution in [0.1, 0.15) is 18.7 Å². The molecule has 0 unspecified atom stereocenters. The number of aromatic nitrogens is 2. The molecule has 0 aliphatic carbocycles. The van der Waals surface area contributed by atoms with Crippen molar-refractivity contribution in [2.24, 2.45) is 0 Å². The molecule has 0 aromatic carbocycles. The zero-order valence-corrected chi connectivity index (χ0v) is 12.6. The maximum atomic E-state index is 12.3. The van der Waals surface area contributed by atoms with Crippen LogP contribution in [0.5, 0.6) is 17.4 Å². The second-order valence-corrected chi connectivity index (χ2v) is 4.73.